The van der Waals surface area contributed by atoms with E-state index in [4.69, 9.17) is 4.74 Å². The summed E-state index contributed by atoms with van der Waals surface area (Å²) in [6, 6.07) is 9.39. The lowest BCUT2D eigenvalue weighted by molar-refractivity contribution is 0.0936. The number of nitrogens with one attached hydrogen (secondary N) is 1. The Bertz CT molecular complexity index is 599. The van der Waals surface area contributed by atoms with Crippen LogP contribution in [0.4, 0.5) is 0 Å². The fourth-order valence-corrected chi connectivity index (χ4v) is 2.10. The minimum absolute atomic E-state index is 0.0894. The topological polar surface area (TPSA) is 51.2 Å². The van der Waals surface area contributed by atoms with Crippen LogP contribution in [0.25, 0.3) is 0 Å². The molecular formula is C15H15BrN2O2. The maximum absolute atomic E-state index is 12.2. The maximum atomic E-state index is 12.2. The number of halogens is 1. The fraction of sp³-hybridized carbons (Fsp3) is 0.200. The average molecular weight is 335 g/mol. The number of rotatable bonds is 4. The predicted molar refractivity (Wildman–Crippen MR) is 80.8 cm³/mol. The molecule has 0 saturated heterocycles. The van der Waals surface area contributed by atoms with Gasteiger partial charge in [-0.25, -0.2) is 0 Å². The van der Waals surface area contributed by atoms with E-state index >= 15 is 0 Å². The Kier molecular flexibility index (Phi) is 4.74. The zero-order valence-corrected chi connectivity index (χ0v) is 12.8. The van der Waals surface area contributed by atoms with Crippen LogP contribution in [0.5, 0.6) is 5.75 Å². The summed E-state index contributed by atoms with van der Waals surface area (Å²) in [6.07, 6.45) is 3.10. The number of aromatic nitrogens is 1. The third-order valence-electron chi connectivity index (χ3n) is 2.97. The van der Waals surface area contributed by atoms with Gasteiger partial charge in [-0.15, -0.1) is 0 Å². The Balaban J connectivity index is 2.13. The molecule has 0 aliphatic carbocycles. The minimum atomic E-state index is -0.181. The van der Waals surface area contributed by atoms with Gasteiger partial charge < -0.3 is 10.1 Å². The second-order valence-electron chi connectivity index (χ2n) is 4.32. The lowest BCUT2D eigenvalue weighted by atomic mass is 10.1. The Labute approximate surface area is 126 Å². The minimum Gasteiger partial charge on any atom is -0.494 e. The number of amides is 1. The van der Waals surface area contributed by atoms with Crippen LogP contribution in [-0.2, 0) is 0 Å². The molecule has 2 aromatic rings. The molecule has 4 nitrogen and oxygen atoms in total. The van der Waals surface area contributed by atoms with Crippen LogP contribution in [0.15, 0.2) is 47.2 Å². The van der Waals surface area contributed by atoms with Gasteiger partial charge >= 0.3 is 0 Å². The van der Waals surface area contributed by atoms with Crippen molar-refractivity contribution >= 4 is 21.8 Å². The summed E-state index contributed by atoms with van der Waals surface area (Å²) in [6.45, 7) is 1.94. The van der Waals surface area contributed by atoms with Crippen LogP contribution >= 0.6 is 15.9 Å². The zero-order valence-electron chi connectivity index (χ0n) is 11.3. The fourth-order valence-electron chi connectivity index (χ4n) is 1.84. The summed E-state index contributed by atoms with van der Waals surface area (Å²) < 4.78 is 6.15. The van der Waals surface area contributed by atoms with E-state index in [1.54, 1.807) is 12.3 Å². The molecule has 0 fully saturated rings. The van der Waals surface area contributed by atoms with E-state index in [0.717, 1.165) is 10.0 Å². The van der Waals surface area contributed by atoms with Crippen molar-refractivity contribution in [3.8, 4) is 5.75 Å². The second kappa shape index (κ2) is 6.52. The summed E-state index contributed by atoms with van der Waals surface area (Å²) in [4.78, 5) is 16.2. The first-order chi connectivity index (χ1) is 9.61. The van der Waals surface area contributed by atoms with Gasteiger partial charge in [0, 0.05) is 10.7 Å². The maximum Gasteiger partial charge on any atom is 0.255 e. The molecule has 104 valence electrons. The number of carbonyl (C=O) groups is 1. The molecule has 0 spiro atoms. The molecule has 5 heteroatoms. The first-order valence-electron chi connectivity index (χ1n) is 6.16. The third kappa shape index (κ3) is 3.36. The number of carbonyl (C=O) groups excluding carboxylic acids is 1. The molecule has 0 bridgehead atoms. The molecule has 1 unspecified atom stereocenters. The van der Waals surface area contributed by atoms with E-state index in [0.29, 0.717) is 11.3 Å². The molecule has 1 atom stereocenters. The van der Waals surface area contributed by atoms with Gasteiger partial charge in [-0.1, -0.05) is 28.1 Å². The Morgan fingerprint density at radius 3 is 2.65 bits per heavy atom. The van der Waals surface area contributed by atoms with Gasteiger partial charge in [-0.05, 0) is 30.7 Å². The van der Waals surface area contributed by atoms with Crippen LogP contribution in [0.3, 0.4) is 0 Å². The van der Waals surface area contributed by atoms with Crippen molar-refractivity contribution in [2.45, 2.75) is 13.0 Å². The number of nitrogens with zero attached hydrogens (tertiary/aromatic N) is 1. The average Bonchev–Trinajstić information content (AvgIpc) is 2.47. The smallest absolute Gasteiger partial charge is 0.255 e. The van der Waals surface area contributed by atoms with Gasteiger partial charge in [0.1, 0.15) is 5.75 Å². The molecule has 0 aliphatic rings. The largest absolute Gasteiger partial charge is 0.494 e. The van der Waals surface area contributed by atoms with E-state index in [9.17, 15) is 4.79 Å². The van der Waals surface area contributed by atoms with E-state index in [-0.39, 0.29) is 11.9 Å². The van der Waals surface area contributed by atoms with Crippen molar-refractivity contribution in [3.05, 3.63) is 58.3 Å². The molecule has 2 rings (SSSR count). The van der Waals surface area contributed by atoms with Crippen molar-refractivity contribution in [2.75, 3.05) is 7.11 Å². The lowest BCUT2D eigenvalue weighted by Crippen LogP contribution is -2.27. The third-order valence-corrected chi connectivity index (χ3v) is 3.50. The van der Waals surface area contributed by atoms with Gasteiger partial charge in [0.25, 0.3) is 5.91 Å². The van der Waals surface area contributed by atoms with Gasteiger partial charge in [-0.3, -0.25) is 9.78 Å². The number of pyridine rings is 1. The monoisotopic (exact) mass is 334 g/mol. The summed E-state index contributed by atoms with van der Waals surface area (Å²) in [7, 11) is 1.52. The van der Waals surface area contributed by atoms with E-state index in [1.807, 2.05) is 31.2 Å². The normalized spacial score (nSPS) is 11.8. The molecule has 1 heterocycles. The quantitative estimate of drug-likeness (QED) is 0.932. The molecular weight excluding hydrogens is 320 g/mol. The second-order valence-corrected chi connectivity index (χ2v) is 5.24. The van der Waals surface area contributed by atoms with Gasteiger partial charge in [-0.2, -0.15) is 0 Å². The summed E-state index contributed by atoms with van der Waals surface area (Å²) >= 11 is 3.39. The first kappa shape index (κ1) is 14.5. The van der Waals surface area contributed by atoms with Crippen LogP contribution in [0.2, 0.25) is 0 Å². The zero-order chi connectivity index (χ0) is 14.5. The van der Waals surface area contributed by atoms with Crippen molar-refractivity contribution in [2.24, 2.45) is 0 Å². The summed E-state index contributed by atoms with van der Waals surface area (Å²) in [5.41, 5.74) is 1.51. The first-order valence-corrected chi connectivity index (χ1v) is 6.95. The summed E-state index contributed by atoms with van der Waals surface area (Å²) in [5.74, 6) is 0.285. The van der Waals surface area contributed by atoms with Gasteiger partial charge in [0.05, 0.1) is 24.9 Å². The molecule has 0 saturated carbocycles. The van der Waals surface area contributed by atoms with Crippen LogP contribution in [-0.4, -0.2) is 18.0 Å². The highest BCUT2D eigenvalue weighted by Crippen LogP contribution is 2.19. The van der Waals surface area contributed by atoms with Gasteiger partial charge in [0.15, 0.2) is 0 Å². The predicted octanol–water partition coefficient (Wildman–Crippen LogP) is 3.34. The number of hydrogen-bond donors (Lipinski definition) is 1. The number of methoxy groups -OCH3 is 1. The molecule has 1 N–H and O–H groups in total. The van der Waals surface area contributed by atoms with Crippen LogP contribution in [0.1, 0.15) is 28.9 Å². The van der Waals surface area contributed by atoms with E-state index in [2.05, 4.69) is 26.2 Å². The Morgan fingerprint density at radius 2 is 2.00 bits per heavy atom. The van der Waals surface area contributed by atoms with Crippen LogP contribution in [0, 0.1) is 0 Å². The molecule has 1 aromatic carbocycles. The van der Waals surface area contributed by atoms with Crippen molar-refractivity contribution in [1.82, 2.24) is 10.3 Å². The molecule has 0 radical (unpaired) electrons. The lowest BCUT2D eigenvalue weighted by Gasteiger charge is -2.15. The molecule has 1 aromatic heterocycles. The number of benzene rings is 1. The standard InChI is InChI=1S/C15H15BrN2O2/c1-10(11-3-5-12(16)6-4-11)18-15(19)13-7-8-17-9-14(13)20-2/h3-10H,1-2H3,(H,18,19). The Hall–Kier alpha value is -1.88. The molecule has 0 aliphatic heterocycles. The molecule has 20 heavy (non-hydrogen) atoms. The highest BCUT2D eigenvalue weighted by atomic mass is 79.9. The summed E-state index contributed by atoms with van der Waals surface area (Å²) in [5, 5.41) is 2.94. The van der Waals surface area contributed by atoms with E-state index in [1.165, 1.54) is 13.3 Å². The van der Waals surface area contributed by atoms with Crippen molar-refractivity contribution < 1.29 is 9.53 Å². The highest BCUT2D eigenvalue weighted by molar-refractivity contribution is 9.10. The Morgan fingerprint density at radius 1 is 1.30 bits per heavy atom. The van der Waals surface area contributed by atoms with Crippen molar-refractivity contribution in [3.63, 3.8) is 0 Å². The molecule has 1 amide bonds. The van der Waals surface area contributed by atoms with Crippen LogP contribution < -0.4 is 10.1 Å². The SMILES string of the molecule is COc1cnccc1C(=O)NC(C)c1ccc(Br)cc1. The van der Waals surface area contributed by atoms with Crippen molar-refractivity contribution in [1.29, 1.82) is 0 Å². The number of ether oxygens (including phenoxy) is 1. The highest BCUT2D eigenvalue weighted by Gasteiger charge is 2.15. The van der Waals surface area contributed by atoms with E-state index < -0.39 is 0 Å². The number of hydrogen-bond acceptors (Lipinski definition) is 3. The van der Waals surface area contributed by atoms with Gasteiger partial charge in [0.2, 0.25) is 0 Å².